The number of hydrogen-bond acceptors (Lipinski definition) is 3. The summed E-state index contributed by atoms with van der Waals surface area (Å²) in [7, 11) is 0. The fraction of sp³-hybridized carbons (Fsp3) is 0.412. The number of nitrogens with one attached hydrogen (secondary N) is 1. The number of aryl methyl sites for hydroxylation is 2. The van der Waals surface area contributed by atoms with E-state index in [1.165, 1.54) is 18.4 Å². The lowest BCUT2D eigenvalue weighted by molar-refractivity contribution is -0.147. The highest BCUT2D eigenvalue weighted by molar-refractivity contribution is 5.93. The highest BCUT2D eigenvalue weighted by atomic mass is 16.5. The molecule has 4 heteroatoms. The van der Waals surface area contributed by atoms with E-state index in [9.17, 15) is 9.59 Å². The first-order valence-corrected chi connectivity index (χ1v) is 14.2. The zero-order valence-corrected chi connectivity index (χ0v) is 23.1. The van der Waals surface area contributed by atoms with Crippen LogP contribution in [0.3, 0.4) is 0 Å². The third kappa shape index (κ3) is 15.0. The maximum absolute atomic E-state index is 12.4. The zero-order valence-electron chi connectivity index (χ0n) is 23.1. The number of ether oxygens (including phenoxy) is 1. The summed E-state index contributed by atoms with van der Waals surface area (Å²) in [6.45, 7) is 1.90. The van der Waals surface area contributed by atoms with Crippen molar-refractivity contribution in [3.63, 3.8) is 0 Å². The minimum Gasteiger partial charge on any atom is -0.456 e. The third-order valence-corrected chi connectivity index (χ3v) is 6.21. The number of amides is 1. The van der Waals surface area contributed by atoms with E-state index in [4.69, 9.17) is 4.74 Å². The van der Waals surface area contributed by atoms with Crippen molar-refractivity contribution in [3.8, 4) is 0 Å². The molecule has 1 N–H and O–H groups in total. The molecule has 0 unspecified atom stereocenters. The van der Waals surface area contributed by atoms with Gasteiger partial charge >= 0.3 is 5.97 Å². The minimum absolute atomic E-state index is 0.247. The van der Waals surface area contributed by atoms with E-state index in [1.807, 2.05) is 42.5 Å². The van der Waals surface area contributed by atoms with Crippen LogP contribution in [-0.2, 0) is 27.2 Å². The summed E-state index contributed by atoms with van der Waals surface area (Å²) in [6, 6.07) is 18.1. The molecule has 0 saturated carbocycles. The average molecular weight is 516 g/mol. The number of para-hydroxylation sites is 1. The number of benzene rings is 2. The molecule has 204 valence electrons. The van der Waals surface area contributed by atoms with Crippen LogP contribution in [0.5, 0.6) is 0 Å². The van der Waals surface area contributed by atoms with Gasteiger partial charge in [-0.1, -0.05) is 111 Å². The maximum atomic E-state index is 12.4. The number of esters is 1. The van der Waals surface area contributed by atoms with E-state index >= 15 is 0 Å². The van der Waals surface area contributed by atoms with E-state index in [-0.39, 0.29) is 18.5 Å². The lowest BCUT2D eigenvalue weighted by Crippen LogP contribution is -2.21. The van der Waals surface area contributed by atoms with Gasteiger partial charge in [0.05, 0.1) is 0 Å². The van der Waals surface area contributed by atoms with Gasteiger partial charge in [0.25, 0.3) is 5.91 Å². The highest BCUT2D eigenvalue weighted by Gasteiger charge is 2.10. The molecule has 0 atom stereocenters. The number of anilines is 1. The van der Waals surface area contributed by atoms with Crippen LogP contribution in [-0.4, -0.2) is 18.5 Å². The fourth-order valence-corrected chi connectivity index (χ4v) is 4.08. The van der Waals surface area contributed by atoms with Crippen LogP contribution in [0.4, 0.5) is 5.69 Å². The van der Waals surface area contributed by atoms with Gasteiger partial charge in [-0.2, -0.15) is 0 Å². The Kier molecular flexibility index (Phi) is 16.7. The molecule has 0 saturated heterocycles. The molecule has 0 spiro atoms. The Hall–Kier alpha value is -3.40. The summed E-state index contributed by atoms with van der Waals surface area (Å²) < 4.78 is 5.20. The van der Waals surface area contributed by atoms with Gasteiger partial charge in [-0.05, 0) is 68.6 Å². The second-order valence-electron chi connectivity index (χ2n) is 9.45. The van der Waals surface area contributed by atoms with E-state index in [1.54, 1.807) is 0 Å². The molecule has 2 rings (SSSR count). The Morgan fingerprint density at radius 3 is 2.18 bits per heavy atom. The molecule has 1 amide bonds. The third-order valence-electron chi connectivity index (χ3n) is 6.21. The van der Waals surface area contributed by atoms with Crippen molar-refractivity contribution in [1.82, 2.24) is 0 Å². The van der Waals surface area contributed by atoms with E-state index in [0.717, 1.165) is 69.0 Å². The second kappa shape index (κ2) is 20.6. The highest BCUT2D eigenvalue weighted by Crippen LogP contribution is 2.18. The molecular formula is C34H45NO3. The number of rotatable bonds is 19. The van der Waals surface area contributed by atoms with Crippen LogP contribution in [0.1, 0.15) is 82.3 Å². The van der Waals surface area contributed by atoms with Gasteiger partial charge < -0.3 is 10.1 Å². The molecule has 0 aliphatic heterocycles. The summed E-state index contributed by atoms with van der Waals surface area (Å²) in [5.41, 5.74) is 3.10. The van der Waals surface area contributed by atoms with Gasteiger partial charge in [-0.15, -0.1) is 0 Å². The van der Waals surface area contributed by atoms with E-state index in [0.29, 0.717) is 6.42 Å². The number of hydrogen-bond donors (Lipinski definition) is 1. The molecule has 4 nitrogen and oxygen atoms in total. The Morgan fingerprint density at radius 2 is 1.39 bits per heavy atom. The van der Waals surface area contributed by atoms with Crippen molar-refractivity contribution in [3.05, 3.63) is 102 Å². The molecule has 2 aromatic carbocycles. The Bertz CT molecular complexity index is 1010. The Labute approximate surface area is 229 Å². The van der Waals surface area contributed by atoms with Crippen LogP contribution in [0.2, 0.25) is 0 Å². The first kappa shape index (κ1) is 30.8. The average Bonchev–Trinajstić information content (AvgIpc) is 2.94. The second-order valence-corrected chi connectivity index (χ2v) is 9.45. The van der Waals surface area contributed by atoms with Crippen LogP contribution in [0, 0.1) is 0 Å². The molecule has 0 bridgehead atoms. The first-order valence-electron chi connectivity index (χ1n) is 14.2. The van der Waals surface area contributed by atoms with Crippen molar-refractivity contribution in [2.24, 2.45) is 0 Å². The number of allylic oxidation sites excluding steroid dienone is 6. The van der Waals surface area contributed by atoms with Crippen molar-refractivity contribution in [2.75, 3.05) is 11.9 Å². The van der Waals surface area contributed by atoms with Gasteiger partial charge in [-0.3, -0.25) is 9.59 Å². The molecule has 0 aliphatic carbocycles. The van der Waals surface area contributed by atoms with Crippen molar-refractivity contribution in [1.29, 1.82) is 0 Å². The molecule has 0 aliphatic rings. The largest absolute Gasteiger partial charge is 0.456 e. The van der Waals surface area contributed by atoms with Gasteiger partial charge in [-0.25, -0.2) is 0 Å². The topological polar surface area (TPSA) is 55.4 Å². The van der Waals surface area contributed by atoms with Crippen LogP contribution in [0.25, 0.3) is 0 Å². The standard InChI is InChI=1S/C34H45NO3/c1-2-3-4-5-6-7-8-9-10-11-12-13-14-15-19-26-34(37)38-29-33(36)35-32-25-21-20-24-31(32)28-27-30-22-17-16-18-23-30/h3-4,6-7,9-10,16-18,20-25H,2,5,8,11-15,19,26-29H2,1H3,(H,35,36)/b4-3-,7-6-,10-9-. The lowest BCUT2D eigenvalue weighted by atomic mass is 10.0. The van der Waals surface area contributed by atoms with Crippen LogP contribution >= 0.6 is 0 Å². The summed E-state index contributed by atoms with van der Waals surface area (Å²) in [4.78, 5) is 24.4. The quantitative estimate of drug-likeness (QED) is 0.116. The van der Waals surface area contributed by atoms with Crippen LogP contribution in [0.15, 0.2) is 91.1 Å². The van der Waals surface area contributed by atoms with Crippen molar-refractivity contribution < 1.29 is 14.3 Å². The van der Waals surface area contributed by atoms with Crippen molar-refractivity contribution in [2.45, 2.75) is 84.0 Å². The van der Waals surface area contributed by atoms with E-state index < -0.39 is 0 Å². The number of carbonyl (C=O) groups is 2. The molecular weight excluding hydrogens is 470 g/mol. The molecule has 2 aromatic rings. The van der Waals surface area contributed by atoms with Gasteiger partial charge in [0.2, 0.25) is 0 Å². The van der Waals surface area contributed by atoms with Crippen molar-refractivity contribution >= 4 is 17.6 Å². The molecule has 38 heavy (non-hydrogen) atoms. The molecule has 0 fully saturated rings. The summed E-state index contributed by atoms with van der Waals surface area (Å²) >= 11 is 0. The molecule has 0 aromatic heterocycles. The lowest BCUT2D eigenvalue weighted by Gasteiger charge is -2.11. The van der Waals surface area contributed by atoms with Gasteiger partial charge in [0, 0.05) is 12.1 Å². The first-order chi connectivity index (χ1) is 18.7. The fourth-order valence-electron chi connectivity index (χ4n) is 4.08. The molecule has 0 heterocycles. The maximum Gasteiger partial charge on any atom is 0.306 e. The monoisotopic (exact) mass is 515 g/mol. The molecule has 0 radical (unpaired) electrons. The Balaban J connectivity index is 1.51. The SMILES string of the molecule is CC/C=C\C/C=C\C/C=C\CCCCCCCC(=O)OCC(=O)Nc1ccccc1CCc1ccccc1. The normalized spacial score (nSPS) is 11.5. The smallest absolute Gasteiger partial charge is 0.306 e. The Morgan fingerprint density at radius 1 is 0.737 bits per heavy atom. The van der Waals surface area contributed by atoms with Crippen LogP contribution < -0.4 is 5.32 Å². The summed E-state index contributed by atoms with van der Waals surface area (Å²) in [5, 5.41) is 2.90. The zero-order chi connectivity index (χ0) is 27.1. The van der Waals surface area contributed by atoms with Gasteiger partial charge in [0.1, 0.15) is 0 Å². The predicted octanol–water partition coefficient (Wildman–Crippen LogP) is 8.54. The summed E-state index contributed by atoms with van der Waals surface area (Å²) in [6.07, 6.45) is 24.9. The minimum atomic E-state index is -0.307. The van der Waals surface area contributed by atoms with Gasteiger partial charge in [0.15, 0.2) is 6.61 Å². The summed E-state index contributed by atoms with van der Waals surface area (Å²) in [5.74, 6) is -0.610. The number of carbonyl (C=O) groups excluding carboxylic acids is 2. The van der Waals surface area contributed by atoms with E-state index in [2.05, 4.69) is 60.8 Å². The number of unbranched alkanes of at least 4 members (excludes halogenated alkanes) is 5. The predicted molar refractivity (Wildman–Crippen MR) is 159 cm³/mol.